The molecule has 0 atom stereocenters. The van der Waals surface area contributed by atoms with Crippen LogP contribution in [0.15, 0.2) is 48.5 Å². The summed E-state index contributed by atoms with van der Waals surface area (Å²) >= 11 is 5.86. The fourth-order valence-corrected chi connectivity index (χ4v) is 3.26. The van der Waals surface area contributed by atoms with Crippen LogP contribution < -0.4 is 15.0 Å². The van der Waals surface area contributed by atoms with Gasteiger partial charge in [0.1, 0.15) is 17.9 Å². The molecule has 1 aliphatic rings. The molecule has 28 heavy (non-hydrogen) atoms. The monoisotopic (exact) mass is 401 g/mol. The number of ether oxygens (including phenoxy) is 1. The van der Waals surface area contributed by atoms with Crippen molar-refractivity contribution in [1.29, 1.82) is 0 Å². The normalized spacial score (nSPS) is 15.2. The Morgan fingerprint density at radius 1 is 1.18 bits per heavy atom. The Bertz CT molecular complexity index is 867. The highest BCUT2D eigenvalue weighted by Gasteiger charge is 2.43. The average Bonchev–Trinajstić information content (AvgIpc) is 2.64. The average molecular weight is 402 g/mol. The molecule has 0 aliphatic carbocycles. The number of hydrogen-bond donors (Lipinski definition) is 1. The van der Waals surface area contributed by atoms with Crippen molar-refractivity contribution < 1.29 is 14.3 Å². The Morgan fingerprint density at radius 3 is 2.57 bits per heavy atom. The first-order valence-corrected chi connectivity index (χ1v) is 9.47. The van der Waals surface area contributed by atoms with Crippen LogP contribution >= 0.6 is 11.6 Å². The zero-order valence-corrected chi connectivity index (χ0v) is 17.0. The number of fused-ring (bicyclic) bond motifs is 1. The second-order valence-corrected chi connectivity index (χ2v) is 7.74. The Hall–Kier alpha value is -2.57. The van der Waals surface area contributed by atoms with Gasteiger partial charge >= 0.3 is 0 Å². The number of halogens is 1. The molecule has 0 fully saturated rings. The Labute approximate surface area is 170 Å². The molecule has 1 heterocycles. The van der Waals surface area contributed by atoms with Gasteiger partial charge in [-0.15, -0.1) is 0 Å². The first-order chi connectivity index (χ1) is 13.3. The molecular formula is C21H24ClN3O3. The quantitative estimate of drug-likeness (QED) is 0.805. The number of carbonyl (C=O) groups is 2. The van der Waals surface area contributed by atoms with E-state index in [0.29, 0.717) is 29.5 Å². The summed E-state index contributed by atoms with van der Waals surface area (Å²) in [5.74, 6) is 0.390. The number of rotatable bonds is 6. The minimum absolute atomic E-state index is 0.138. The Kier molecular flexibility index (Phi) is 5.91. The number of likely N-dealkylation sites (N-methyl/N-ethyl adjacent to an activating group) is 1. The van der Waals surface area contributed by atoms with Crippen molar-refractivity contribution in [3.63, 3.8) is 0 Å². The fraction of sp³-hybridized carbons (Fsp3) is 0.333. The number of nitrogens with zero attached hydrogens (tertiary/aromatic N) is 2. The van der Waals surface area contributed by atoms with Gasteiger partial charge in [0.05, 0.1) is 17.9 Å². The summed E-state index contributed by atoms with van der Waals surface area (Å²) in [4.78, 5) is 29.0. The number of para-hydroxylation sites is 2. The van der Waals surface area contributed by atoms with Crippen molar-refractivity contribution in [1.82, 2.24) is 4.90 Å². The predicted octanol–water partition coefficient (Wildman–Crippen LogP) is 3.41. The molecule has 0 unspecified atom stereocenters. The van der Waals surface area contributed by atoms with E-state index in [1.165, 1.54) is 0 Å². The summed E-state index contributed by atoms with van der Waals surface area (Å²) in [6.07, 6.45) is 0. The van der Waals surface area contributed by atoms with Gasteiger partial charge < -0.3 is 10.1 Å². The van der Waals surface area contributed by atoms with E-state index in [9.17, 15) is 9.59 Å². The van der Waals surface area contributed by atoms with E-state index in [-0.39, 0.29) is 18.4 Å². The van der Waals surface area contributed by atoms with E-state index < -0.39 is 5.54 Å². The SMILES string of the molecule is CN(CCOc1ccc(Cl)cc1)CC(=O)N1c2ccccc2NC(=O)C1(C)C. The van der Waals surface area contributed by atoms with Gasteiger partial charge in [-0.25, -0.2) is 0 Å². The zero-order chi connectivity index (χ0) is 20.3. The first kappa shape index (κ1) is 20.2. The lowest BCUT2D eigenvalue weighted by molar-refractivity contribution is -0.127. The molecule has 2 aromatic carbocycles. The lowest BCUT2D eigenvalue weighted by atomic mass is 9.96. The van der Waals surface area contributed by atoms with E-state index in [1.807, 2.05) is 30.1 Å². The third-order valence-corrected chi connectivity index (χ3v) is 4.97. The van der Waals surface area contributed by atoms with Gasteiger partial charge in [0.15, 0.2) is 0 Å². The molecule has 0 saturated heterocycles. The van der Waals surface area contributed by atoms with Crippen molar-refractivity contribution in [3.05, 3.63) is 53.6 Å². The predicted molar refractivity (Wildman–Crippen MR) is 111 cm³/mol. The van der Waals surface area contributed by atoms with Crippen molar-refractivity contribution in [2.24, 2.45) is 0 Å². The van der Waals surface area contributed by atoms with Crippen molar-refractivity contribution in [2.45, 2.75) is 19.4 Å². The maximum Gasteiger partial charge on any atom is 0.250 e. The van der Waals surface area contributed by atoms with Crippen LogP contribution in [0.25, 0.3) is 0 Å². The third-order valence-electron chi connectivity index (χ3n) is 4.72. The summed E-state index contributed by atoms with van der Waals surface area (Å²) in [5, 5.41) is 3.52. The zero-order valence-electron chi connectivity index (χ0n) is 16.2. The summed E-state index contributed by atoms with van der Waals surface area (Å²) in [6, 6.07) is 14.5. The molecule has 0 aromatic heterocycles. The molecule has 2 aromatic rings. The standard InChI is InChI=1S/C21H24ClN3O3/c1-21(2)20(27)23-17-6-4-5-7-18(17)25(21)19(26)14-24(3)12-13-28-16-10-8-15(22)9-11-16/h4-11H,12-14H2,1-3H3,(H,23,27). The third kappa shape index (κ3) is 4.29. The lowest BCUT2D eigenvalue weighted by Gasteiger charge is -2.42. The molecule has 1 N–H and O–H groups in total. The molecule has 1 aliphatic heterocycles. The van der Waals surface area contributed by atoms with Crippen LogP contribution in [0, 0.1) is 0 Å². The van der Waals surface area contributed by atoms with Gasteiger partial charge in [-0.1, -0.05) is 23.7 Å². The second-order valence-electron chi connectivity index (χ2n) is 7.30. The Morgan fingerprint density at radius 2 is 1.86 bits per heavy atom. The molecule has 2 amide bonds. The van der Waals surface area contributed by atoms with Gasteiger partial charge in [0.25, 0.3) is 0 Å². The minimum atomic E-state index is -0.966. The summed E-state index contributed by atoms with van der Waals surface area (Å²) < 4.78 is 5.68. The Balaban J connectivity index is 1.62. The van der Waals surface area contributed by atoms with Crippen molar-refractivity contribution in [2.75, 3.05) is 37.0 Å². The van der Waals surface area contributed by atoms with Crippen LogP contribution in [-0.2, 0) is 9.59 Å². The highest BCUT2D eigenvalue weighted by molar-refractivity contribution is 6.30. The molecular weight excluding hydrogens is 378 g/mol. The van der Waals surface area contributed by atoms with Crippen molar-refractivity contribution >= 4 is 34.8 Å². The van der Waals surface area contributed by atoms with E-state index in [4.69, 9.17) is 16.3 Å². The van der Waals surface area contributed by atoms with Gasteiger partial charge in [0, 0.05) is 11.6 Å². The number of amides is 2. The smallest absolute Gasteiger partial charge is 0.250 e. The van der Waals surface area contributed by atoms with E-state index in [0.717, 1.165) is 5.75 Å². The molecule has 7 heteroatoms. The summed E-state index contributed by atoms with van der Waals surface area (Å²) in [6.45, 7) is 4.68. The maximum atomic E-state index is 13.1. The maximum absolute atomic E-state index is 13.1. The van der Waals surface area contributed by atoms with Crippen molar-refractivity contribution in [3.8, 4) is 5.75 Å². The minimum Gasteiger partial charge on any atom is -0.492 e. The highest BCUT2D eigenvalue weighted by atomic mass is 35.5. The van der Waals surface area contributed by atoms with Crippen LogP contribution in [0.2, 0.25) is 5.02 Å². The number of nitrogens with one attached hydrogen (secondary N) is 1. The highest BCUT2D eigenvalue weighted by Crippen LogP contribution is 2.36. The molecule has 148 valence electrons. The molecule has 0 spiro atoms. The van der Waals surface area contributed by atoms with Gasteiger partial charge in [-0.2, -0.15) is 0 Å². The van der Waals surface area contributed by atoms with Crippen LogP contribution in [0.5, 0.6) is 5.75 Å². The topological polar surface area (TPSA) is 61.9 Å². The first-order valence-electron chi connectivity index (χ1n) is 9.09. The van der Waals surface area contributed by atoms with Gasteiger partial charge in [0.2, 0.25) is 11.8 Å². The molecule has 0 bridgehead atoms. The molecule has 3 rings (SSSR count). The van der Waals surface area contributed by atoms with E-state index in [1.54, 1.807) is 49.1 Å². The molecule has 0 saturated carbocycles. The van der Waals surface area contributed by atoms with Crippen LogP contribution in [0.3, 0.4) is 0 Å². The summed E-state index contributed by atoms with van der Waals surface area (Å²) in [5.41, 5.74) is 0.392. The molecule has 6 nitrogen and oxygen atoms in total. The lowest BCUT2D eigenvalue weighted by Crippen LogP contribution is -2.60. The number of benzene rings is 2. The number of carbonyl (C=O) groups excluding carboxylic acids is 2. The van der Waals surface area contributed by atoms with E-state index in [2.05, 4.69) is 5.32 Å². The molecule has 0 radical (unpaired) electrons. The number of hydrogen-bond acceptors (Lipinski definition) is 4. The largest absolute Gasteiger partial charge is 0.492 e. The van der Waals surface area contributed by atoms with Crippen LogP contribution in [-0.4, -0.2) is 49.0 Å². The van der Waals surface area contributed by atoms with Gasteiger partial charge in [-0.3, -0.25) is 19.4 Å². The van der Waals surface area contributed by atoms with Crippen LogP contribution in [0.1, 0.15) is 13.8 Å². The second kappa shape index (κ2) is 8.20. The van der Waals surface area contributed by atoms with E-state index >= 15 is 0 Å². The van der Waals surface area contributed by atoms with Gasteiger partial charge in [-0.05, 0) is 57.3 Å². The summed E-state index contributed by atoms with van der Waals surface area (Å²) in [7, 11) is 1.85. The fourth-order valence-electron chi connectivity index (χ4n) is 3.13. The van der Waals surface area contributed by atoms with Crippen LogP contribution in [0.4, 0.5) is 11.4 Å². The number of anilines is 2.